The van der Waals surface area contributed by atoms with E-state index in [2.05, 4.69) is 0 Å². The van der Waals surface area contributed by atoms with E-state index in [1.165, 1.54) is 6.07 Å². The monoisotopic (exact) mass is 309 g/mol. The highest BCUT2D eigenvalue weighted by atomic mass is 35.5. The van der Waals surface area contributed by atoms with Gasteiger partial charge in [-0.1, -0.05) is 17.7 Å². The predicted octanol–water partition coefficient (Wildman–Crippen LogP) is 3.78. The van der Waals surface area contributed by atoms with Gasteiger partial charge in [0, 0.05) is 6.07 Å². The minimum absolute atomic E-state index is 0.0455. The molecular weight excluding hydrogens is 301 g/mol. The van der Waals surface area contributed by atoms with E-state index in [0.717, 1.165) is 12.1 Å². The average Bonchev–Trinajstić information content (AvgIpc) is 2.44. The number of aldehydes is 1. The lowest BCUT2D eigenvalue weighted by molar-refractivity contribution is -0.387. The number of rotatable bonds is 5. The number of ether oxygens (including phenoxy) is 1. The summed E-state index contributed by atoms with van der Waals surface area (Å²) in [5.41, 5.74) is -0.00781. The van der Waals surface area contributed by atoms with Crippen LogP contribution in [0.15, 0.2) is 36.4 Å². The fourth-order valence-electron chi connectivity index (χ4n) is 1.71. The summed E-state index contributed by atoms with van der Waals surface area (Å²) in [6.45, 7) is -0.0455. The molecule has 7 heteroatoms. The molecule has 2 rings (SSSR count). The van der Waals surface area contributed by atoms with Crippen molar-refractivity contribution in [3.63, 3.8) is 0 Å². The first-order valence-electron chi connectivity index (χ1n) is 5.82. The first kappa shape index (κ1) is 14.9. The third-order valence-electron chi connectivity index (χ3n) is 2.73. The molecule has 2 aromatic rings. The molecule has 0 atom stereocenters. The molecule has 0 unspecified atom stereocenters. The Kier molecular flexibility index (Phi) is 4.49. The normalized spacial score (nSPS) is 10.2. The number of halogens is 2. The van der Waals surface area contributed by atoms with E-state index < -0.39 is 16.4 Å². The van der Waals surface area contributed by atoms with Gasteiger partial charge in [-0.3, -0.25) is 14.9 Å². The highest BCUT2D eigenvalue weighted by molar-refractivity contribution is 6.33. The summed E-state index contributed by atoms with van der Waals surface area (Å²) in [7, 11) is 0. The van der Waals surface area contributed by atoms with E-state index in [1.807, 2.05) is 0 Å². The van der Waals surface area contributed by atoms with E-state index in [0.29, 0.717) is 11.8 Å². The standard InChI is InChI=1S/C14H9ClFNO4/c15-11-2-1-3-14(10(11)7-18)21-8-9-4-5-13(17(19)20)12(16)6-9/h1-7H,8H2. The van der Waals surface area contributed by atoms with Gasteiger partial charge < -0.3 is 4.74 Å². The number of hydrogen-bond acceptors (Lipinski definition) is 4. The van der Waals surface area contributed by atoms with Crippen molar-refractivity contribution >= 4 is 23.6 Å². The second-order valence-corrected chi connectivity index (χ2v) is 4.51. The molecule has 0 amide bonds. The van der Waals surface area contributed by atoms with Gasteiger partial charge in [0.15, 0.2) is 6.29 Å². The number of nitro groups is 1. The lowest BCUT2D eigenvalue weighted by Gasteiger charge is -2.09. The molecule has 108 valence electrons. The molecule has 21 heavy (non-hydrogen) atoms. The number of carbonyl (C=O) groups excluding carboxylic acids is 1. The molecule has 0 aliphatic carbocycles. The third kappa shape index (κ3) is 3.35. The zero-order valence-electron chi connectivity index (χ0n) is 10.6. The summed E-state index contributed by atoms with van der Waals surface area (Å²) in [4.78, 5) is 20.6. The quantitative estimate of drug-likeness (QED) is 0.479. The van der Waals surface area contributed by atoms with Crippen LogP contribution in [-0.4, -0.2) is 11.2 Å². The van der Waals surface area contributed by atoms with E-state index in [-0.39, 0.29) is 22.9 Å². The Balaban J connectivity index is 2.17. The van der Waals surface area contributed by atoms with Crippen molar-refractivity contribution < 1.29 is 18.8 Å². The number of nitro benzene ring substituents is 1. The summed E-state index contributed by atoms with van der Waals surface area (Å²) < 4.78 is 18.9. The van der Waals surface area contributed by atoms with E-state index in [4.69, 9.17) is 16.3 Å². The molecule has 0 aromatic heterocycles. The SMILES string of the molecule is O=Cc1c(Cl)cccc1OCc1ccc([N+](=O)[O-])c(F)c1. The van der Waals surface area contributed by atoms with Crippen molar-refractivity contribution in [2.45, 2.75) is 6.61 Å². The van der Waals surface area contributed by atoms with E-state index in [1.54, 1.807) is 18.2 Å². The Hall–Kier alpha value is -2.47. The van der Waals surface area contributed by atoms with Crippen molar-refractivity contribution in [3.8, 4) is 5.75 Å². The molecule has 5 nitrogen and oxygen atoms in total. The topological polar surface area (TPSA) is 69.4 Å². The smallest absolute Gasteiger partial charge is 0.304 e. The summed E-state index contributed by atoms with van der Waals surface area (Å²) in [6.07, 6.45) is 0.564. The Morgan fingerprint density at radius 1 is 1.33 bits per heavy atom. The first-order chi connectivity index (χ1) is 10.0. The maximum absolute atomic E-state index is 13.5. The molecule has 0 spiro atoms. The first-order valence-corrected chi connectivity index (χ1v) is 6.20. The second kappa shape index (κ2) is 6.32. The highest BCUT2D eigenvalue weighted by Crippen LogP contribution is 2.26. The Bertz CT molecular complexity index is 705. The fraction of sp³-hybridized carbons (Fsp3) is 0.0714. The molecule has 0 heterocycles. The van der Waals surface area contributed by atoms with Crippen LogP contribution in [0.25, 0.3) is 0 Å². The van der Waals surface area contributed by atoms with Crippen LogP contribution in [0, 0.1) is 15.9 Å². The van der Waals surface area contributed by atoms with Gasteiger partial charge >= 0.3 is 5.69 Å². The minimum atomic E-state index is -0.942. The van der Waals surface area contributed by atoms with E-state index in [9.17, 15) is 19.3 Å². The molecular formula is C14H9ClFNO4. The third-order valence-corrected chi connectivity index (χ3v) is 3.06. The summed E-state index contributed by atoms with van der Waals surface area (Å²) in [6, 6.07) is 8.17. The Labute approximate surface area is 124 Å². The van der Waals surface area contributed by atoms with Gasteiger partial charge in [0.05, 0.1) is 15.5 Å². The Morgan fingerprint density at radius 3 is 2.71 bits per heavy atom. The molecule has 0 aliphatic heterocycles. The van der Waals surface area contributed by atoms with Gasteiger partial charge in [0.2, 0.25) is 5.82 Å². The minimum Gasteiger partial charge on any atom is -0.488 e. The summed E-state index contributed by atoms with van der Waals surface area (Å²) >= 11 is 5.85. The lowest BCUT2D eigenvalue weighted by atomic mass is 10.2. The summed E-state index contributed by atoms with van der Waals surface area (Å²) in [5.74, 6) is -0.681. The van der Waals surface area contributed by atoms with Crippen molar-refractivity contribution in [2.75, 3.05) is 0 Å². The second-order valence-electron chi connectivity index (χ2n) is 4.10. The van der Waals surface area contributed by atoms with Gasteiger partial charge in [-0.2, -0.15) is 4.39 Å². The van der Waals surface area contributed by atoms with Crippen LogP contribution in [0.3, 0.4) is 0 Å². The van der Waals surface area contributed by atoms with Crippen LogP contribution in [0.5, 0.6) is 5.75 Å². The lowest BCUT2D eigenvalue weighted by Crippen LogP contribution is -2.00. The van der Waals surface area contributed by atoms with Crippen molar-refractivity contribution in [1.29, 1.82) is 0 Å². The summed E-state index contributed by atoms with van der Waals surface area (Å²) in [5, 5.41) is 10.8. The number of carbonyl (C=O) groups is 1. The molecule has 0 radical (unpaired) electrons. The van der Waals surface area contributed by atoms with Crippen LogP contribution in [0.4, 0.5) is 10.1 Å². The predicted molar refractivity (Wildman–Crippen MR) is 74.2 cm³/mol. The van der Waals surface area contributed by atoms with Crippen LogP contribution < -0.4 is 4.74 Å². The maximum Gasteiger partial charge on any atom is 0.304 e. The zero-order chi connectivity index (χ0) is 15.4. The fourth-order valence-corrected chi connectivity index (χ4v) is 1.92. The van der Waals surface area contributed by atoms with Gasteiger partial charge in [0.25, 0.3) is 0 Å². The highest BCUT2D eigenvalue weighted by Gasteiger charge is 2.14. The number of hydrogen-bond donors (Lipinski definition) is 0. The zero-order valence-corrected chi connectivity index (χ0v) is 11.3. The Morgan fingerprint density at radius 2 is 2.10 bits per heavy atom. The van der Waals surface area contributed by atoms with Crippen molar-refractivity contribution in [2.24, 2.45) is 0 Å². The molecule has 0 saturated carbocycles. The molecule has 2 aromatic carbocycles. The number of nitrogens with zero attached hydrogens (tertiary/aromatic N) is 1. The van der Waals surface area contributed by atoms with Gasteiger partial charge in [-0.25, -0.2) is 0 Å². The van der Waals surface area contributed by atoms with Crippen molar-refractivity contribution in [3.05, 3.63) is 68.5 Å². The molecule has 0 bridgehead atoms. The van der Waals surface area contributed by atoms with Crippen LogP contribution >= 0.6 is 11.6 Å². The molecule has 0 aliphatic rings. The van der Waals surface area contributed by atoms with Gasteiger partial charge in [0.1, 0.15) is 12.4 Å². The average molecular weight is 310 g/mol. The van der Waals surface area contributed by atoms with Crippen LogP contribution in [0.1, 0.15) is 15.9 Å². The molecule has 0 saturated heterocycles. The van der Waals surface area contributed by atoms with Gasteiger partial charge in [-0.05, 0) is 29.8 Å². The van der Waals surface area contributed by atoms with Gasteiger partial charge in [-0.15, -0.1) is 0 Å². The van der Waals surface area contributed by atoms with E-state index >= 15 is 0 Å². The largest absolute Gasteiger partial charge is 0.488 e. The van der Waals surface area contributed by atoms with Crippen LogP contribution in [0.2, 0.25) is 5.02 Å². The molecule has 0 N–H and O–H groups in total. The van der Waals surface area contributed by atoms with Crippen LogP contribution in [-0.2, 0) is 6.61 Å². The van der Waals surface area contributed by atoms with Crippen molar-refractivity contribution in [1.82, 2.24) is 0 Å². The maximum atomic E-state index is 13.5. The molecule has 0 fully saturated rings. The number of benzene rings is 2.